The third-order valence-corrected chi connectivity index (χ3v) is 7.41. The SMILES string of the molecule is [2H]c1cc(C(=O)Oc2ccc(C(=O)Oc3ccc(C(=O)O[C@@H](C)C(=O)OCCCCCC)cc3)cc2)cc([2H])c1OCCCCCCCCC. The molecule has 0 bridgehead atoms. The van der Waals surface area contributed by atoms with E-state index in [9.17, 15) is 19.2 Å². The van der Waals surface area contributed by atoms with Crippen LogP contribution in [0.2, 0.25) is 0 Å². The molecular formula is C39H48O9. The zero-order valence-electron chi connectivity index (χ0n) is 30.2. The van der Waals surface area contributed by atoms with Gasteiger partial charge in [-0.2, -0.15) is 0 Å². The monoisotopic (exact) mass is 662 g/mol. The van der Waals surface area contributed by atoms with E-state index in [2.05, 4.69) is 13.8 Å². The van der Waals surface area contributed by atoms with E-state index >= 15 is 0 Å². The van der Waals surface area contributed by atoms with E-state index in [4.69, 9.17) is 26.4 Å². The van der Waals surface area contributed by atoms with Crippen LogP contribution in [-0.4, -0.2) is 43.2 Å². The van der Waals surface area contributed by atoms with Gasteiger partial charge >= 0.3 is 23.9 Å². The van der Waals surface area contributed by atoms with Gasteiger partial charge in [0, 0.05) is 0 Å². The molecule has 0 aromatic heterocycles. The summed E-state index contributed by atoms with van der Waals surface area (Å²) in [5.41, 5.74) is 0.380. The first kappa shape index (κ1) is 34.7. The minimum absolute atomic E-state index is 0.0336. The predicted molar refractivity (Wildman–Crippen MR) is 183 cm³/mol. The number of hydrogen-bond donors (Lipinski definition) is 0. The lowest BCUT2D eigenvalue weighted by Gasteiger charge is -2.13. The van der Waals surface area contributed by atoms with Crippen LogP contribution in [0.5, 0.6) is 17.2 Å². The van der Waals surface area contributed by atoms with E-state index in [1.807, 2.05) is 0 Å². The van der Waals surface area contributed by atoms with Crippen molar-refractivity contribution in [3.63, 3.8) is 0 Å². The van der Waals surface area contributed by atoms with Crippen molar-refractivity contribution in [3.8, 4) is 17.2 Å². The van der Waals surface area contributed by atoms with Gasteiger partial charge in [-0.3, -0.25) is 0 Å². The van der Waals surface area contributed by atoms with Gasteiger partial charge in [-0.15, -0.1) is 0 Å². The summed E-state index contributed by atoms with van der Waals surface area (Å²) < 4.78 is 43.3. The van der Waals surface area contributed by atoms with Crippen LogP contribution in [0, 0.1) is 0 Å². The molecule has 0 N–H and O–H groups in total. The van der Waals surface area contributed by atoms with Crippen LogP contribution in [0.4, 0.5) is 0 Å². The smallest absolute Gasteiger partial charge is 0.347 e. The zero-order valence-corrected chi connectivity index (χ0v) is 28.2. The predicted octanol–water partition coefficient (Wildman–Crippen LogP) is 8.92. The van der Waals surface area contributed by atoms with Crippen LogP contribution in [0.25, 0.3) is 0 Å². The Labute approximate surface area is 286 Å². The van der Waals surface area contributed by atoms with E-state index in [0.717, 1.165) is 44.9 Å². The van der Waals surface area contributed by atoms with Crippen molar-refractivity contribution in [2.24, 2.45) is 0 Å². The summed E-state index contributed by atoms with van der Waals surface area (Å²) in [5.74, 6) is -2.31. The molecule has 9 heteroatoms. The van der Waals surface area contributed by atoms with Crippen LogP contribution < -0.4 is 14.2 Å². The maximum absolute atomic E-state index is 12.8. The largest absolute Gasteiger partial charge is 0.494 e. The molecule has 9 nitrogen and oxygen atoms in total. The van der Waals surface area contributed by atoms with Gasteiger partial charge in [0.05, 0.1) is 32.6 Å². The topological polar surface area (TPSA) is 114 Å². The second kappa shape index (κ2) is 21.3. The number of carbonyl (C=O) groups excluding carboxylic acids is 4. The lowest BCUT2D eigenvalue weighted by molar-refractivity contribution is -0.153. The molecule has 0 fully saturated rings. The second-order valence-electron chi connectivity index (χ2n) is 11.4. The molecule has 1 atom stereocenters. The average Bonchev–Trinajstić information content (AvgIpc) is 3.10. The van der Waals surface area contributed by atoms with Crippen molar-refractivity contribution in [1.29, 1.82) is 0 Å². The van der Waals surface area contributed by atoms with Gasteiger partial charge in [-0.05, 0) is 92.5 Å². The van der Waals surface area contributed by atoms with E-state index in [1.54, 1.807) is 0 Å². The summed E-state index contributed by atoms with van der Waals surface area (Å²) in [4.78, 5) is 50.0. The van der Waals surface area contributed by atoms with E-state index in [-0.39, 0.29) is 52.6 Å². The Morgan fingerprint density at radius 3 is 1.54 bits per heavy atom. The standard InChI is InChI=1S/C39H48O9/c1-4-6-8-10-11-12-14-27-44-33-21-15-31(16-22-33)38(42)47-35-25-19-32(20-26-35)39(43)48-34-23-17-30(18-24-34)37(41)46-29(3)36(40)45-28-13-9-7-5-2/h15-26,29H,4-14,27-28H2,1-3H3/t29-/m0/s1/i21D,22D. The third kappa shape index (κ3) is 13.6. The van der Waals surface area contributed by atoms with E-state index in [0.29, 0.717) is 6.61 Å². The molecule has 3 rings (SSSR count). The van der Waals surface area contributed by atoms with Crippen molar-refractivity contribution in [2.45, 2.75) is 97.5 Å². The summed E-state index contributed by atoms with van der Waals surface area (Å²) >= 11 is 0. The zero-order chi connectivity index (χ0) is 36.3. The van der Waals surface area contributed by atoms with Gasteiger partial charge in [0.25, 0.3) is 0 Å². The fraction of sp³-hybridized carbons (Fsp3) is 0.436. The number of rotatable bonds is 21. The fourth-order valence-corrected chi connectivity index (χ4v) is 4.55. The molecule has 0 aliphatic rings. The van der Waals surface area contributed by atoms with E-state index < -0.39 is 30.0 Å². The number of ether oxygens (including phenoxy) is 5. The van der Waals surface area contributed by atoms with Gasteiger partial charge < -0.3 is 23.7 Å². The first-order chi connectivity index (χ1) is 24.1. The van der Waals surface area contributed by atoms with Crippen LogP contribution in [0.3, 0.4) is 0 Å². The molecule has 0 aliphatic carbocycles. The molecule has 3 aromatic carbocycles. The highest BCUT2D eigenvalue weighted by Gasteiger charge is 2.20. The Hall–Kier alpha value is -4.66. The number of carbonyl (C=O) groups is 4. The quantitative estimate of drug-likeness (QED) is 0.0626. The van der Waals surface area contributed by atoms with Crippen molar-refractivity contribution >= 4 is 23.9 Å². The van der Waals surface area contributed by atoms with Crippen molar-refractivity contribution in [1.82, 2.24) is 0 Å². The molecule has 0 spiro atoms. The van der Waals surface area contributed by atoms with Gasteiger partial charge in [-0.1, -0.05) is 71.6 Å². The van der Waals surface area contributed by atoms with Crippen molar-refractivity contribution < 1.29 is 45.6 Å². The normalized spacial score (nSPS) is 11.9. The summed E-state index contributed by atoms with van der Waals surface area (Å²) in [5, 5.41) is 0. The lowest BCUT2D eigenvalue weighted by atomic mass is 10.1. The van der Waals surface area contributed by atoms with E-state index in [1.165, 1.54) is 93.3 Å². The molecule has 0 unspecified atom stereocenters. The van der Waals surface area contributed by atoms with Gasteiger partial charge in [0.1, 0.15) is 17.2 Å². The molecule has 258 valence electrons. The summed E-state index contributed by atoms with van der Waals surface area (Å²) in [7, 11) is 0. The Morgan fingerprint density at radius 2 is 1.00 bits per heavy atom. The number of hydrogen-bond acceptors (Lipinski definition) is 9. The molecule has 0 radical (unpaired) electrons. The summed E-state index contributed by atoms with van der Waals surface area (Å²) in [6.07, 6.45) is 10.7. The highest BCUT2D eigenvalue weighted by Crippen LogP contribution is 2.20. The molecule has 0 saturated heterocycles. The first-order valence-electron chi connectivity index (χ1n) is 17.9. The Bertz CT molecular complexity index is 1520. The van der Waals surface area contributed by atoms with Crippen LogP contribution in [0.1, 0.15) is 125 Å². The molecule has 48 heavy (non-hydrogen) atoms. The van der Waals surface area contributed by atoms with Crippen LogP contribution in [-0.2, 0) is 14.3 Å². The van der Waals surface area contributed by atoms with Crippen LogP contribution in [0.15, 0.2) is 72.7 Å². The lowest BCUT2D eigenvalue weighted by Crippen LogP contribution is -2.26. The van der Waals surface area contributed by atoms with Crippen molar-refractivity contribution in [3.05, 3.63) is 89.4 Å². The third-order valence-electron chi connectivity index (χ3n) is 7.41. The number of unbranched alkanes of at least 4 members (excludes halogenated alkanes) is 9. The summed E-state index contributed by atoms with van der Waals surface area (Å²) in [6, 6.07) is 13.8. The van der Waals surface area contributed by atoms with Gasteiger partial charge in [-0.25, -0.2) is 19.2 Å². The maximum Gasteiger partial charge on any atom is 0.347 e. The second-order valence-corrected chi connectivity index (χ2v) is 11.4. The average molecular weight is 663 g/mol. The highest BCUT2D eigenvalue weighted by atomic mass is 16.6. The number of esters is 4. The minimum atomic E-state index is -1.07. The molecule has 0 heterocycles. The molecule has 0 amide bonds. The highest BCUT2D eigenvalue weighted by molar-refractivity contribution is 5.93. The number of benzene rings is 3. The molecule has 3 aromatic rings. The minimum Gasteiger partial charge on any atom is -0.494 e. The first-order valence-corrected chi connectivity index (χ1v) is 16.9. The fourth-order valence-electron chi connectivity index (χ4n) is 4.55. The molecule has 0 saturated carbocycles. The maximum atomic E-state index is 12.8. The molecular weight excluding hydrogens is 612 g/mol. The Morgan fingerprint density at radius 1 is 0.562 bits per heavy atom. The van der Waals surface area contributed by atoms with Crippen molar-refractivity contribution in [2.75, 3.05) is 13.2 Å². The summed E-state index contributed by atoms with van der Waals surface area (Å²) in [6.45, 7) is 6.40. The van der Waals surface area contributed by atoms with Gasteiger partial charge in [0.2, 0.25) is 0 Å². The molecule has 0 aliphatic heterocycles. The Kier molecular flexibility index (Phi) is 15.4. The van der Waals surface area contributed by atoms with Crippen LogP contribution >= 0.6 is 0 Å². The Balaban J connectivity index is 1.46. The van der Waals surface area contributed by atoms with Gasteiger partial charge in [0.15, 0.2) is 6.10 Å².